The Morgan fingerprint density at radius 1 is 0.935 bits per heavy atom. The predicted octanol–water partition coefficient (Wildman–Crippen LogP) is 3.92. The number of amides is 3. The Morgan fingerprint density at radius 2 is 1.71 bits per heavy atom. The molecule has 0 saturated carbocycles. The third-order valence-corrected chi connectivity index (χ3v) is 10.7. The smallest absolute Gasteiger partial charge is 0.412 e. The Labute approximate surface area is 362 Å². The summed E-state index contributed by atoms with van der Waals surface area (Å²) in [5.74, 6) is 0.294. The van der Waals surface area contributed by atoms with Crippen molar-refractivity contribution >= 4 is 41.1 Å². The lowest BCUT2D eigenvalue weighted by molar-refractivity contribution is -0.688. The second kappa shape index (κ2) is 22.7. The van der Waals surface area contributed by atoms with Gasteiger partial charge in [0.15, 0.2) is 24.7 Å². The molecule has 2 aliphatic rings. The molecule has 3 amide bonds. The fourth-order valence-electron chi connectivity index (χ4n) is 7.40. The number of benzene rings is 2. The average molecular weight is 861 g/mol. The number of pyridine rings is 1. The normalized spacial score (nSPS) is 20.8. The summed E-state index contributed by atoms with van der Waals surface area (Å²) in [6.45, 7) is 6.64. The van der Waals surface area contributed by atoms with Crippen molar-refractivity contribution < 1.29 is 58.4 Å². The first-order valence-electron chi connectivity index (χ1n) is 21.3. The molecule has 336 valence electrons. The first-order valence-corrected chi connectivity index (χ1v) is 21.3. The van der Waals surface area contributed by atoms with Gasteiger partial charge in [0.1, 0.15) is 35.8 Å². The van der Waals surface area contributed by atoms with Gasteiger partial charge in [0.25, 0.3) is 5.91 Å². The molecule has 0 radical (unpaired) electrons. The second-order valence-electron chi connectivity index (χ2n) is 16.9. The van der Waals surface area contributed by atoms with Crippen molar-refractivity contribution in [3.05, 3.63) is 89.8 Å². The van der Waals surface area contributed by atoms with Crippen LogP contribution < -0.4 is 25.7 Å². The number of unbranched alkanes of at least 4 members (excludes halogenated alkanes) is 2. The number of aliphatic hydroxyl groups excluding tert-OH is 4. The summed E-state index contributed by atoms with van der Waals surface area (Å²) in [6.07, 6.45) is 5.37. The van der Waals surface area contributed by atoms with E-state index in [4.69, 9.17) is 19.9 Å². The van der Waals surface area contributed by atoms with Gasteiger partial charge in [-0.1, -0.05) is 25.3 Å². The summed E-state index contributed by atoms with van der Waals surface area (Å²) in [7, 11) is 0. The Kier molecular flexibility index (Phi) is 17.5. The van der Waals surface area contributed by atoms with Crippen LogP contribution in [0.1, 0.15) is 93.6 Å². The summed E-state index contributed by atoms with van der Waals surface area (Å²) in [5, 5.41) is 45.9. The Morgan fingerprint density at radius 3 is 2.44 bits per heavy atom. The number of nitrogens with zero attached hydrogens (tertiary/aromatic N) is 2. The van der Waals surface area contributed by atoms with Crippen LogP contribution in [0.25, 0.3) is 6.08 Å². The molecule has 0 bridgehead atoms. The zero-order chi connectivity index (χ0) is 44.8. The number of nitrogens with two attached hydrogens (primary N) is 1. The van der Waals surface area contributed by atoms with Crippen LogP contribution in [0, 0.1) is 5.92 Å². The fraction of sp³-hybridized carbons (Fsp3) is 0.500. The maximum absolute atomic E-state index is 13.2. The Balaban J connectivity index is 1.05. The minimum Gasteiger partial charge on any atom is -0.460 e. The van der Waals surface area contributed by atoms with Crippen LogP contribution in [0.2, 0.25) is 0 Å². The molecule has 0 unspecified atom stereocenters. The molecule has 3 aromatic rings. The molecule has 5 rings (SSSR count). The van der Waals surface area contributed by atoms with Crippen molar-refractivity contribution in [2.45, 2.75) is 115 Å². The van der Waals surface area contributed by atoms with E-state index < -0.39 is 49.0 Å². The van der Waals surface area contributed by atoms with Gasteiger partial charge in [-0.25, -0.2) is 9.36 Å². The number of likely N-dealkylation sites (tertiary alicyclic amines) is 1. The van der Waals surface area contributed by atoms with E-state index in [0.717, 1.165) is 49.7 Å². The number of carbonyl (C=O) groups excluding carboxylic acids is 4. The average Bonchev–Trinajstić information content (AvgIpc) is 3.23. The third kappa shape index (κ3) is 14.4. The van der Waals surface area contributed by atoms with Crippen LogP contribution >= 0.6 is 0 Å². The van der Waals surface area contributed by atoms with Gasteiger partial charge in [0, 0.05) is 60.9 Å². The van der Waals surface area contributed by atoms with E-state index in [1.807, 2.05) is 34.0 Å². The highest BCUT2D eigenvalue weighted by Gasteiger charge is 2.45. The van der Waals surface area contributed by atoms with Gasteiger partial charge < -0.3 is 50.6 Å². The van der Waals surface area contributed by atoms with Crippen LogP contribution in [0.5, 0.6) is 5.75 Å². The maximum atomic E-state index is 13.2. The molecule has 0 spiro atoms. The lowest BCUT2D eigenvalue weighted by atomic mass is 9.90. The second-order valence-corrected chi connectivity index (χ2v) is 16.9. The summed E-state index contributed by atoms with van der Waals surface area (Å²) in [5.41, 5.74) is 7.87. The summed E-state index contributed by atoms with van der Waals surface area (Å²) < 4.78 is 18.6. The minimum atomic E-state index is -1.63. The number of rotatable bonds is 18. The van der Waals surface area contributed by atoms with Crippen LogP contribution in [-0.4, -0.2) is 112 Å². The number of aromatic nitrogens is 1. The maximum Gasteiger partial charge on any atom is 0.412 e. The van der Waals surface area contributed by atoms with Gasteiger partial charge in [-0.15, -0.1) is 0 Å². The molecule has 2 fully saturated rings. The van der Waals surface area contributed by atoms with E-state index in [1.54, 1.807) is 75.4 Å². The van der Waals surface area contributed by atoms with Crippen molar-refractivity contribution in [2.24, 2.45) is 11.7 Å². The molecule has 16 heteroatoms. The molecule has 62 heavy (non-hydrogen) atoms. The zero-order valence-electron chi connectivity index (χ0n) is 35.8. The minimum absolute atomic E-state index is 0.0467. The van der Waals surface area contributed by atoms with Crippen molar-refractivity contribution in [3.8, 4) is 5.75 Å². The van der Waals surface area contributed by atoms with Gasteiger partial charge in [0.05, 0.1) is 12.3 Å². The van der Waals surface area contributed by atoms with Crippen LogP contribution in [0.15, 0.2) is 73.1 Å². The highest BCUT2D eigenvalue weighted by molar-refractivity contribution is 5.96. The Hall–Kier alpha value is -5.23. The number of allylic oxidation sites excluding steroid dienone is 1. The number of hydrogen-bond donors (Lipinski definition) is 7. The zero-order valence-corrected chi connectivity index (χ0v) is 35.8. The number of hydrogen-bond acceptors (Lipinski definition) is 12. The molecule has 5 atom stereocenters. The van der Waals surface area contributed by atoms with Crippen molar-refractivity contribution in [1.29, 1.82) is 0 Å². The number of anilines is 2. The monoisotopic (exact) mass is 860 g/mol. The molecule has 0 aliphatic carbocycles. The highest BCUT2D eigenvalue weighted by atomic mass is 16.7. The number of ketones is 1. The number of piperidine rings is 1. The van der Waals surface area contributed by atoms with E-state index in [0.29, 0.717) is 43.2 Å². The van der Waals surface area contributed by atoms with Gasteiger partial charge in [-0.3, -0.25) is 19.7 Å². The molecule has 2 aliphatic heterocycles. The van der Waals surface area contributed by atoms with Crippen molar-refractivity contribution in [2.75, 3.05) is 36.9 Å². The molecule has 16 nitrogen and oxygen atoms in total. The molecule has 2 aromatic carbocycles. The number of nitrogens with one attached hydrogen (secondary N) is 2. The first kappa shape index (κ1) is 47.8. The van der Waals surface area contributed by atoms with Crippen LogP contribution in [0.4, 0.5) is 16.2 Å². The summed E-state index contributed by atoms with van der Waals surface area (Å²) in [4.78, 5) is 52.6. The number of carbonyl (C=O) groups is 4. The summed E-state index contributed by atoms with van der Waals surface area (Å²) in [6, 6.07) is 15.7. The lowest BCUT2D eigenvalue weighted by Crippen LogP contribution is -2.60. The topological polar surface area (TPSA) is 234 Å². The van der Waals surface area contributed by atoms with Gasteiger partial charge in [-0.05, 0) is 101 Å². The van der Waals surface area contributed by atoms with E-state index in [2.05, 4.69) is 10.6 Å². The Bertz CT molecular complexity index is 2010. The molecule has 3 heterocycles. The molecular formula is C46H62N5O11+. The third-order valence-electron chi connectivity index (χ3n) is 10.7. The first-order chi connectivity index (χ1) is 29.6. The van der Waals surface area contributed by atoms with E-state index in [-0.39, 0.29) is 42.0 Å². The standard InChI is InChI=1S/C46H61N5O11/c1-46(2,3)62-45(59)48-34-12-7-11-33(26-34)43(58)51-23-19-30(20-24-51)9-5-4-6-13-35(53)16-14-31-10-8-22-50(27-31)28-32-15-17-37(36(25-32)49-39(54)18-21-47)60-44-42(57)41(56)40(55)38(29-52)61-44/h7-8,10-12,14-17,22,25-27,30,38,40-42,44,52,55-57H,4-6,9,13,18-21,23-24,28-29,47H2,1-3H3,(H-,48,49,54,59)/p+1/b16-14+/t38-,40-,41+,42+,44+/m1/s1. The van der Waals surface area contributed by atoms with Crippen molar-refractivity contribution in [3.63, 3.8) is 0 Å². The summed E-state index contributed by atoms with van der Waals surface area (Å²) >= 11 is 0. The van der Waals surface area contributed by atoms with Crippen LogP contribution in [-0.2, 0) is 25.6 Å². The molecule has 2 saturated heterocycles. The van der Waals surface area contributed by atoms with Crippen LogP contribution in [0.3, 0.4) is 0 Å². The molecule has 8 N–H and O–H groups in total. The van der Waals surface area contributed by atoms with Gasteiger partial charge >= 0.3 is 6.09 Å². The fourth-order valence-corrected chi connectivity index (χ4v) is 7.40. The van der Waals surface area contributed by atoms with Gasteiger partial charge in [0.2, 0.25) is 12.2 Å². The number of ether oxygens (including phenoxy) is 3. The predicted molar refractivity (Wildman–Crippen MR) is 231 cm³/mol. The highest BCUT2D eigenvalue weighted by Crippen LogP contribution is 2.31. The van der Waals surface area contributed by atoms with Gasteiger partial charge in [-0.2, -0.15) is 0 Å². The quantitative estimate of drug-likeness (QED) is 0.0548. The lowest BCUT2D eigenvalue weighted by Gasteiger charge is -2.39. The van der Waals surface area contributed by atoms with E-state index in [1.165, 1.54) is 0 Å². The number of aliphatic hydroxyl groups is 4. The largest absolute Gasteiger partial charge is 0.460 e. The van der Waals surface area contributed by atoms with Crippen molar-refractivity contribution in [1.82, 2.24) is 4.90 Å². The SMILES string of the molecule is CC(C)(C)OC(=O)Nc1cccc(C(=O)N2CCC(CCCCCC(=O)/C=C/c3ccc[n+](Cc4ccc(O[C@H]5O[C@H](CO)[C@@H](O)[C@H](O)[C@@H]5O)c(NC(=O)CCN)c4)c3)CC2)c1. The molecular weight excluding hydrogens is 799 g/mol. The molecule has 1 aromatic heterocycles. The van der Waals surface area contributed by atoms with E-state index >= 15 is 0 Å². The van der Waals surface area contributed by atoms with E-state index in [9.17, 15) is 39.6 Å².